The number of esters is 1. The minimum atomic E-state index is -0.682. The van der Waals surface area contributed by atoms with Gasteiger partial charge in [-0.2, -0.15) is 0 Å². The molecule has 1 aliphatic heterocycles. The molecular formula is C16H24O6. The first kappa shape index (κ1) is 17.1. The Balaban J connectivity index is 2.14. The molecule has 124 valence electrons. The van der Waals surface area contributed by atoms with E-state index in [1.165, 1.54) is 6.92 Å². The zero-order chi connectivity index (χ0) is 16.3. The van der Waals surface area contributed by atoms with Gasteiger partial charge < -0.3 is 23.7 Å². The van der Waals surface area contributed by atoms with Crippen molar-refractivity contribution in [3.05, 3.63) is 23.8 Å². The summed E-state index contributed by atoms with van der Waals surface area (Å²) in [5.74, 6) is -0.997. The molecule has 2 rings (SSSR count). The van der Waals surface area contributed by atoms with E-state index in [0.29, 0.717) is 6.42 Å². The van der Waals surface area contributed by atoms with Crippen LogP contribution in [0.5, 0.6) is 0 Å². The van der Waals surface area contributed by atoms with Crippen molar-refractivity contribution in [1.29, 1.82) is 0 Å². The fraction of sp³-hybridized carbons (Fsp3) is 0.688. The predicted molar refractivity (Wildman–Crippen MR) is 79.0 cm³/mol. The van der Waals surface area contributed by atoms with Gasteiger partial charge in [0.25, 0.3) is 0 Å². The van der Waals surface area contributed by atoms with Crippen molar-refractivity contribution >= 4 is 5.97 Å². The van der Waals surface area contributed by atoms with E-state index in [9.17, 15) is 4.79 Å². The maximum absolute atomic E-state index is 10.9. The van der Waals surface area contributed by atoms with Gasteiger partial charge in [-0.25, -0.2) is 0 Å². The molecule has 6 nitrogen and oxygen atoms in total. The quantitative estimate of drug-likeness (QED) is 0.571. The second kappa shape index (κ2) is 6.91. The summed E-state index contributed by atoms with van der Waals surface area (Å²) >= 11 is 0. The van der Waals surface area contributed by atoms with Crippen LogP contribution in [0.1, 0.15) is 27.2 Å². The Bertz CT molecular complexity index is 467. The second-order valence-corrected chi connectivity index (χ2v) is 5.89. The SMILES string of the molecule is C=C1/C(=C\COC(C)=O)C[C@@H](OCOC)[C@H]2OC(C)(C)O[C@H]12. The van der Waals surface area contributed by atoms with Gasteiger partial charge in [-0.05, 0) is 31.1 Å². The molecule has 3 atom stereocenters. The third-order valence-electron chi connectivity index (χ3n) is 3.69. The highest BCUT2D eigenvalue weighted by Gasteiger charge is 2.50. The lowest BCUT2D eigenvalue weighted by Crippen LogP contribution is -2.43. The molecule has 1 heterocycles. The molecule has 0 N–H and O–H groups in total. The third-order valence-corrected chi connectivity index (χ3v) is 3.69. The molecule has 1 aliphatic carbocycles. The summed E-state index contributed by atoms with van der Waals surface area (Å²) in [5, 5.41) is 0. The Morgan fingerprint density at radius 1 is 1.45 bits per heavy atom. The smallest absolute Gasteiger partial charge is 0.302 e. The molecule has 0 aromatic carbocycles. The highest BCUT2D eigenvalue weighted by atomic mass is 16.8. The average molecular weight is 312 g/mol. The summed E-state index contributed by atoms with van der Waals surface area (Å²) in [6.45, 7) is 9.63. The fourth-order valence-corrected chi connectivity index (χ4v) is 2.76. The van der Waals surface area contributed by atoms with Gasteiger partial charge in [-0.3, -0.25) is 4.79 Å². The van der Waals surface area contributed by atoms with E-state index in [1.807, 2.05) is 19.9 Å². The number of carbonyl (C=O) groups is 1. The molecule has 22 heavy (non-hydrogen) atoms. The van der Waals surface area contributed by atoms with Crippen molar-refractivity contribution in [3.8, 4) is 0 Å². The maximum Gasteiger partial charge on any atom is 0.302 e. The van der Waals surface area contributed by atoms with E-state index in [1.54, 1.807) is 7.11 Å². The summed E-state index contributed by atoms with van der Waals surface area (Å²) in [6, 6.07) is 0. The molecule has 0 unspecified atom stereocenters. The predicted octanol–water partition coefficient (Wildman–Crippen LogP) is 1.94. The van der Waals surface area contributed by atoms with Gasteiger partial charge in [-0.15, -0.1) is 0 Å². The molecular weight excluding hydrogens is 288 g/mol. The molecule has 0 aromatic heterocycles. The molecule has 0 bridgehead atoms. The van der Waals surface area contributed by atoms with Crippen LogP contribution in [0.4, 0.5) is 0 Å². The van der Waals surface area contributed by atoms with Crippen molar-refractivity contribution in [2.45, 2.75) is 51.3 Å². The van der Waals surface area contributed by atoms with E-state index in [-0.39, 0.29) is 37.7 Å². The lowest BCUT2D eigenvalue weighted by molar-refractivity contribution is -0.168. The molecule has 6 heteroatoms. The largest absolute Gasteiger partial charge is 0.462 e. The van der Waals surface area contributed by atoms with Gasteiger partial charge in [0, 0.05) is 20.5 Å². The first-order chi connectivity index (χ1) is 10.3. The van der Waals surface area contributed by atoms with Crippen LogP contribution < -0.4 is 0 Å². The van der Waals surface area contributed by atoms with E-state index in [2.05, 4.69) is 6.58 Å². The maximum atomic E-state index is 10.9. The van der Waals surface area contributed by atoms with Crippen LogP contribution in [-0.2, 0) is 28.5 Å². The highest BCUT2D eigenvalue weighted by Crippen LogP contribution is 2.42. The van der Waals surface area contributed by atoms with Gasteiger partial charge >= 0.3 is 5.97 Å². The molecule has 2 fully saturated rings. The monoisotopic (exact) mass is 312 g/mol. The molecule has 0 radical (unpaired) electrons. The number of ether oxygens (including phenoxy) is 5. The van der Waals surface area contributed by atoms with Crippen LogP contribution in [0.2, 0.25) is 0 Å². The van der Waals surface area contributed by atoms with Crippen LogP contribution >= 0.6 is 0 Å². The Kier molecular flexibility index (Phi) is 5.39. The lowest BCUT2D eigenvalue weighted by Gasteiger charge is -2.34. The van der Waals surface area contributed by atoms with Crippen LogP contribution in [-0.4, -0.2) is 50.6 Å². The van der Waals surface area contributed by atoms with E-state index >= 15 is 0 Å². The van der Waals surface area contributed by atoms with Crippen molar-refractivity contribution in [1.82, 2.24) is 0 Å². The minimum absolute atomic E-state index is 0.182. The second-order valence-electron chi connectivity index (χ2n) is 5.89. The summed E-state index contributed by atoms with van der Waals surface area (Å²) in [7, 11) is 1.58. The fourth-order valence-electron chi connectivity index (χ4n) is 2.76. The van der Waals surface area contributed by atoms with Gasteiger partial charge in [0.05, 0.1) is 6.10 Å². The Morgan fingerprint density at radius 2 is 2.18 bits per heavy atom. The molecule has 0 aromatic rings. The van der Waals surface area contributed by atoms with Crippen molar-refractivity contribution in [2.75, 3.05) is 20.5 Å². The van der Waals surface area contributed by atoms with Crippen LogP contribution in [0, 0.1) is 0 Å². The van der Waals surface area contributed by atoms with Gasteiger partial charge in [0.1, 0.15) is 25.6 Å². The van der Waals surface area contributed by atoms with E-state index in [0.717, 1.165) is 11.1 Å². The Labute approximate surface area is 131 Å². The molecule has 0 amide bonds. The Hall–Kier alpha value is -1.21. The van der Waals surface area contributed by atoms with Gasteiger partial charge in [0.15, 0.2) is 5.79 Å². The average Bonchev–Trinajstić information content (AvgIpc) is 2.76. The number of fused-ring (bicyclic) bond motifs is 1. The van der Waals surface area contributed by atoms with Crippen molar-refractivity contribution in [3.63, 3.8) is 0 Å². The van der Waals surface area contributed by atoms with E-state index in [4.69, 9.17) is 23.7 Å². The van der Waals surface area contributed by atoms with Crippen LogP contribution in [0.3, 0.4) is 0 Å². The number of carbonyl (C=O) groups excluding carboxylic acids is 1. The highest BCUT2D eigenvalue weighted by molar-refractivity contribution is 5.66. The molecule has 1 saturated carbocycles. The zero-order valence-electron chi connectivity index (χ0n) is 13.6. The standard InChI is InChI=1S/C16H24O6/c1-10-12(6-7-19-11(2)17)8-13(20-9-18-5)15-14(10)21-16(3,4)22-15/h6,13-15H,1,7-9H2,2-5H3/b12-6-/t13-,14-,15-/m1/s1. The van der Waals surface area contributed by atoms with Gasteiger partial charge in [0.2, 0.25) is 0 Å². The number of methoxy groups -OCH3 is 1. The zero-order valence-corrected chi connectivity index (χ0v) is 13.6. The van der Waals surface area contributed by atoms with Crippen LogP contribution in [0.25, 0.3) is 0 Å². The van der Waals surface area contributed by atoms with Gasteiger partial charge in [-0.1, -0.05) is 6.58 Å². The van der Waals surface area contributed by atoms with Crippen molar-refractivity contribution in [2.24, 2.45) is 0 Å². The van der Waals surface area contributed by atoms with E-state index < -0.39 is 5.79 Å². The van der Waals surface area contributed by atoms with Crippen molar-refractivity contribution < 1.29 is 28.5 Å². The molecule has 2 aliphatic rings. The number of hydrogen-bond acceptors (Lipinski definition) is 6. The molecule has 0 spiro atoms. The Morgan fingerprint density at radius 3 is 2.82 bits per heavy atom. The summed E-state index contributed by atoms with van der Waals surface area (Å²) in [4.78, 5) is 10.9. The number of hydrogen-bond donors (Lipinski definition) is 0. The first-order valence-corrected chi connectivity index (χ1v) is 7.32. The normalized spacial score (nSPS) is 32.1. The topological polar surface area (TPSA) is 63.2 Å². The minimum Gasteiger partial charge on any atom is -0.462 e. The summed E-state index contributed by atoms with van der Waals surface area (Å²) in [6.07, 6.45) is 1.78. The lowest BCUT2D eigenvalue weighted by atomic mass is 9.84. The first-order valence-electron chi connectivity index (χ1n) is 7.32. The summed E-state index contributed by atoms with van der Waals surface area (Å²) < 4.78 is 27.6. The van der Waals surface area contributed by atoms with Crippen LogP contribution in [0.15, 0.2) is 23.8 Å². The molecule has 1 saturated heterocycles. The third kappa shape index (κ3) is 3.95. The number of rotatable bonds is 5. The summed E-state index contributed by atoms with van der Waals surface area (Å²) in [5.41, 5.74) is 1.81.